The summed E-state index contributed by atoms with van der Waals surface area (Å²) in [5, 5.41) is 21.7. The maximum Gasteiger partial charge on any atom is 0.335 e. The summed E-state index contributed by atoms with van der Waals surface area (Å²) in [4.78, 5) is 28.1. The van der Waals surface area contributed by atoms with Gasteiger partial charge in [-0.15, -0.1) is 22.7 Å². The van der Waals surface area contributed by atoms with Crippen molar-refractivity contribution in [1.82, 2.24) is 0 Å². The highest BCUT2D eigenvalue weighted by Crippen LogP contribution is 2.38. The molecule has 24 heavy (non-hydrogen) atoms. The molecule has 0 fully saturated rings. The third kappa shape index (κ3) is 3.39. The summed E-state index contributed by atoms with van der Waals surface area (Å²) < 4.78 is 0. The minimum absolute atomic E-state index is 0.0968. The van der Waals surface area contributed by atoms with E-state index in [9.17, 15) is 14.9 Å². The van der Waals surface area contributed by atoms with Crippen LogP contribution in [0.4, 0.5) is 11.4 Å². The molecule has 0 aliphatic rings. The highest BCUT2D eigenvalue weighted by Gasteiger charge is 2.17. The molecule has 8 heteroatoms. The van der Waals surface area contributed by atoms with Crippen molar-refractivity contribution in [2.75, 3.05) is 0 Å². The fourth-order valence-corrected chi connectivity index (χ4v) is 3.91. The number of hydrogen-bond acceptors (Lipinski definition) is 6. The average Bonchev–Trinajstić information content (AvgIpc) is 3.22. The van der Waals surface area contributed by atoms with Gasteiger partial charge in [0.1, 0.15) is 4.88 Å². The van der Waals surface area contributed by atoms with Gasteiger partial charge in [-0.3, -0.25) is 15.1 Å². The van der Waals surface area contributed by atoms with Gasteiger partial charge in [0, 0.05) is 17.2 Å². The highest BCUT2D eigenvalue weighted by atomic mass is 32.1. The van der Waals surface area contributed by atoms with Gasteiger partial charge in [0.15, 0.2) is 0 Å². The molecule has 3 aromatic rings. The molecule has 0 atom stereocenters. The molecule has 0 spiro atoms. The van der Waals surface area contributed by atoms with Crippen LogP contribution in [0.1, 0.15) is 15.2 Å². The van der Waals surface area contributed by atoms with Crippen LogP contribution in [-0.2, 0) is 0 Å². The molecule has 0 aliphatic heterocycles. The number of rotatable bonds is 5. The molecule has 0 unspecified atom stereocenters. The molecule has 120 valence electrons. The normalized spacial score (nSPS) is 11.0. The van der Waals surface area contributed by atoms with E-state index in [1.54, 1.807) is 23.7 Å². The number of thiophene rings is 2. The lowest BCUT2D eigenvalue weighted by atomic mass is 10.2. The summed E-state index contributed by atoms with van der Waals surface area (Å²) in [6.45, 7) is 0. The van der Waals surface area contributed by atoms with Gasteiger partial charge in [0.2, 0.25) is 0 Å². The summed E-state index contributed by atoms with van der Waals surface area (Å²) in [7, 11) is 0. The van der Waals surface area contributed by atoms with Gasteiger partial charge >= 0.3 is 5.97 Å². The Morgan fingerprint density at radius 1 is 1.25 bits per heavy atom. The van der Waals surface area contributed by atoms with E-state index >= 15 is 0 Å². The Kier molecular flexibility index (Phi) is 4.50. The summed E-state index contributed by atoms with van der Waals surface area (Å²) in [6.07, 6.45) is 1.62. The fourth-order valence-electron chi connectivity index (χ4n) is 2.03. The number of carboxylic acid groups (broad SMARTS) is 1. The van der Waals surface area contributed by atoms with Gasteiger partial charge in [-0.2, -0.15) is 0 Å². The number of hydrogen-bond donors (Lipinski definition) is 1. The number of carboxylic acids is 1. The number of aliphatic imine (C=N–C) groups is 1. The van der Waals surface area contributed by atoms with E-state index in [0.29, 0.717) is 10.6 Å². The van der Waals surface area contributed by atoms with Crippen molar-refractivity contribution in [3.8, 4) is 9.75 Å². The molecule has 1 aromatic carbocycles. The van der Waals surface area contributed by atoms with E-state index in [4.69, 9.17) is 5.11 Å². The first-order valence-electron chi connectivity index (χ1n) is 6.74. The number of nitrogens with zero attached hydrogens (tertiary/aromatic N) is 2. The van der Waals surface area contributed by atoms with Gasteiger partial charge in [0.05, 0.1) is 21.1 Å². The maximum absolute atomic E-state index is 11.0. The van der Waals surface area contributed by atoms with Crippen molar-refractivity contribution >= 4 is 46.2 Å². The first-order valence-corrected chi connectivity index (χ1v) is 8.44. The van der Waals surface area contributed by atoms with Crippen LogP contribution >= 0.6 is 22.7 Å². The van der Waals surface area contributed by atoms with Crippen molar-refractivity contribution in [2.45, 2.75) is 0 Å². The topological polar surface area (TPSA) is 92.8 Å². The second-order valence-electron chi connectivity index (χ2n) is 4.71. The zero-order chi connectivity index (χ0) is 17.1. The molecule has 2 aromatic heterocycles. The summed E-state index contributed by atoms with van der Waals surface area (Å²) >= 11 is 2.72. The lowest BCUT2D eigenvalue weighted by Gasteiger charge is -1.96. The van der Waals surface area contributed by atoms with Crippen molar-refractivity contribution in [2.24, 2.45) is 4.99 Å². The summed E-state index contributed by atoms with van der Waals surface area (Å²) in [5.74, 6) is -1.00. The molecule has 3 rings (SSSR count). The largest absolute Gasteiger partial charge is 0.478 e. The minimum atomic E-state index is -1.00. The predicted octanol–water partition coefficient (Wildman–Crippen LogP) is 4.83. The van der Waals surface area contributed by atoms with Crippen LogP contribution in [-0.4, -0.2) is 22.2 Å². The standard InChI is InChI=1S/C16H10N2O4S2/c19-16(20)10-2-1-3-11(8-10)17-9-12-4-5-14(24-12)15-13(18(21)22)6-7-23-15/h1-9H,(H,19,20). The van der Waals surface area contributed by atoms with Crippen LogP contribution in [0.2, 0.25) is 0 Å². The maximum atomic E-state index is 11.0. The van der Waals surface area contributed by atoms with Gasteiger partial charge in [0.25, 0.3) is 5.69 Å². The Hall–Kier alpha value is -2.84. The SMILES string of the molecule is O=C(O)c1cccc(N=Cc2ccc(-c3sccc3[N+](=O)[O-])s2)c1. The Bertz CT molecular complexity index is 943. The molecular formula is C16H10N2O4S2. The van der Waals surface area contributed by atoms with Crippen LogP contribution in [0.25, 0.3) is 9.75 Å². The molecule has 2 heterocycles. The minimum Gasteiger partial charge on any atom is -0.478 e. The second kappa shape index (κ2) is 6.73. The highest BCUT2D eigenvalue weighted by molar-refractivity contribution is 7.22. The van der Waals surface area contributed by atoms with E-state index in [-0.39, 0.29) is 11.3 Å². The zero-order valence-corrected chi connectivity index (χ0v) is 13.7. The molecule has 0 amide bonds. The zero-order valence-electron chi connectivity index (χ0n) is 12.1. The van der Waals surface area contributed by atoms with E-state index in [1.807, 2.05) is 12.1 Å². The molecule has 0 bridgehead atoms. The fraction of sp³-hybridized carbons (Fsp3) is 0. The average molecular weight is 358 g/mol. The molecule has 0 aliphatic carbocycles. The van der Waals surface area contributed by atoms with Gasteiger partial charge in [-0.05, 0) is 35.7 Å². The number of nitro groups is 1. The number of carbonyl (C=O) groups is 1. The Morgan fingerprint density at radius 3 is 2.83 bits per heavy atom. The first-order chi connectivity index (χ1) is 11.5. The van der Waals surface area contributed by atoms with Gasteiger partial charge in [-0.1, -0.05) is 6.07 Å². The molecule has 0 saturated heterocycles. The smallest absolute Gasteiger partial charge is 0.335 e. The second-order valence-corrected chi connectivity index (χ2v) is 6.74. The molecular weight excluding hydrogens is 348 g/mol. The molecule has 0 saturated carbocycles. The van der Waals surface area contributed by atoms with Crippen molar-refractivity contribution in [3.63, 3.8) is 0 Å². The number of benzene rings is 1. The van der Waals surface area contributed by atoms with Gasteiger partial charge in [-0.25, -0.2) is 4.79 Å². The van der Waals surface area contributed by atoms with Crippen LogP contribution in [0, 0.1) is 10.1 Å². The molecule has 1 N–H and O–H groups in total. The van der Waals surface area contributed by atoms with Crippen LogP contribution in [0.3, 0.4) is 0 Å². The molecule has 6 nitrogen and oxygen atoms in total. The Morgan fingerprint density at radius 2 is 2.08 bits per heavy atom. The monoisotopic (exact) mass is 358 g/mol. The first kappa shape index (κ1) is 16.0. The lowest BCUT2D eigenvalue weighted by Crippen LogP contribution is -1.94. The Labute approximate surface area is 144 Å². The van der Waals surface area contributed by atoms with Crippen LogP contribution in [0.15, 0.2) is 52.8 Å². The lowest BCUT2D eigenvalue weighted by molar-refractivity contribution is -0.383. The van der Waals surface area contributed by atoms with Crippen LogP contribution in [0.5, 0.6) is 0 Å². The Balaban J connectivity index is 1.84. The van der Waals surface area contributed by atoms with Crippen molar-refractivity contribution < 1.29 is 14.8 Å². The summed E-state index contributed by atoms with van der Waals surface area (Å²) in [6, 6.07) is 11.5. The van der Waals surface area contributed by atoms with Crippen molar-refractivity contribution in [3.05, 3.63) is 68.4 Å². The quantitative estimate of drug-likeness (QED) is 0.401. The van der Waals surface area contributed by atoms with Crippen LogP contribution < -0.4 is 0 Å². The van der Waals surface area contributed by atoms with E-state index in [2.05, 4.69) is 4.99 Å². The number of aromatic carboxylic acids is 1. The van der Waals surface area contributed by atoms with Gasteiger partial charge < -0.3 is 5.11 Å². The third-order valence-electron chi connectivity index (χ3n) is 3.13. The van der Waals surface area contributed by atoms with Crippen molar-refractivity contribution in [1.29, 1.82) is 0 Å². The van der Waals surface area contributed by atoms with E-state index in [0.717, 1.165) is 9.75 Å². The third-order valence-corrected chi connectivity index (χ3v) is 5.23. The van der Waals surface area contributed by atoms with E-state index < -0.39 is 10.9 Å². The summed E-state index contributed by atoms with van der Waals surface area (Å²) in [5.41, 5.74) is 0.803. The van der Waals surface area contributed by atoms with E-state index in [1.165, 1.54) is 40.9 Å². The predicted molar refractivity (Wildman–Crippen MR) is 94.9 cm³/mol. The molecule has 0 radical (unpaired) electrons.